The van der Waals surface area contributed by atoms with Crippen molar-refractivity contribution in [3.8, 4) is 0 Å². The average molecular weight is 354 g/mol. The number of nitrogens with zero attached hydrogens (tertiary/aromatic N) is 3. The maximum atomic E-state index is 12.0. The van der Waals surface area contributed by atoms with Crippen molar-refractivity contribution < 1.29 is 14.0 Å². The van der Waals surface area contributed by atoms with Crippen LogP contribution in [0.3, 0.4) is 0 Å². The number of H-pyrrole nitrogens is 1. The molecular weight excluding hydrogens is 336 g/mol. The molecule has 1 atom stereocenters. The Labute approximate surface area is 149 Å². The van der Waals surface area contributed by atoms with Crippen molar-refractivity contribution in [2.24, 2.45) is 0 Å². The Kier molecular flexibility index (Phi) is 5.71. The first-order chi connectivity index (χ1) is 12.7. The van der Waals surface area contributed by atoms with Gasteiger partial charge in [0.2, 0.25) is 24.1 Å². The summed E-state index contributed by atoms with van der Waals surface area (Å²) in [7, 11) is 0. The predicted octanol–water partition coefficient (Wildman–Crippen LogP) is 0.530. The molecular formula is C17H18N6O3. The van der Waals surface area contributed by atoms with E-state index in [9.17, 15) is 9.59 Å². The summed E-state index contributed by atoms with van der Waals surface area (Å²) in [5.41, 5.74) is 1.86. The molecule has 0 saturated heterocycles. The van der Waals surface area contributed by atoms with E-state index in [1.54, 1.807) is 12.5 Å². The summed E-state index contributed by atoms with van der Waals surface area (Å²) >= 11 is 0. The fourth-order valence-corrected chi connectivity index (χ4v) is 2.45. The number of aromatic amines is 1. The van der Waals surface area contributed by atoms with E-state index in [0.29, 0.717) is 31.0 Å². The van der Waals surface area contributed by atoms with E-state index in [2.05, 4.69) is 30.8 Å². The number of rotatable bonds is 9. The fourth-order valence-electron chi connectivity index (χ4n) is 2.45. The van der Waals surface area contributed by atoms with Crippen molar-refractivity contribution in [1.29, 1.82) is 0 Å². The van der Waals surface area contributed by atoms with Gasteiger partial charge in [-0.05, 0) is 5.56 Å². The van der Waals surface area contributed by atoms with Crippen LogP contribution < -0.4 is 10.6 Å². The number of amides is 2. The van der Waals surface area contributed by atoms with Crippen LogP contribution in [0.25, 0.3) is 0 Å². The zero-order chi connectivity index (χ0) is 18.2. The van der Waals surface area contributed by atoms with Crippen molar-refractivity contribution in [2.45, 2.75) is 18.9 Å². The lowest BCUT2D eigenvalue weighted by Gasteiger charge is -2.14. The first-order valence-corrected chi connectivity index (χ1v) is 8.04. The summed E-state index contributed by atoms with van der Waals surface area (Å²) in [5, 5.41) is 13.2. The van der Waals surface area contributed by atoms with Gasteiger partial charge in [0.1, 0.15) is 6.04 Å². The van der Waals surface area contributed by atoms with Crippen LogP contribution in [0.15, 0.2) is 47.3 Å². The number of imidazole rings is 1. The third-order valence-corrected chi connectivity index (χ3v) is 3.64. The summed E-state index contributed by atoms with van der Waals surface area (Å²) in [6.45, 7) is -0.131. The first kappa shape index (κ1) is 17.3. The zero-order valence-electron chi connectivity index (χ0n) is 13.9. The molecule has 9 nitrogen and oxygen atoms in total. The molecule has 0 aliphatic heterocycles. The van der Waals surface area contributed by atoms with E-state index in [0.717, 1.165) is 11.3 Å². The van der Waals surface area contributed by atoms with Gasteiger partial charge in [0.15, 0.2) is 0 Å². The molecule has 0 aliphatic carbocycles. The van der Waals surface area contributed by atoms with Crippen molar-refractivity contribution in [1.82, 2.24) is 30.8 Å². The molecule has 134 valence electrons. The van der Waals surface area contributed by atoms with Crippen LogP contribution >= 0.6 is 0 Å². The Morgan fingerprint density at radius 2 is 2.12 bits per heavy atom. The molecule has 0 aliphatic rings. The Hall–Kier alpha value is -3.49. The van der Waals surface area contributed by atoms with Crippen LogP contribution in [0.1, 0.15) is 29.1 Å². The van der Waals surface area contributed by atoms with Crippen LogP contribution in [0.2, 0.25) is 0 Å². The summed E-state index contributed by atoms with van der Waals surface area (Å²) in [6.07, 6.45) is 4.58. The van der Waals surface area contributed by atoms with Gasteiger partial charge in [-0.3, -0.25) is 9.59 Å². The number of carbonyl (C=O) groups excluding carboxylic acids is 2. The largest absolute Gasteiger partial charge is 0.423 e. The molecule has 3 rings (SSSR count). The van der Waals surface area contributed by atoms with Gasteiger partial charge in [0, 0.05) is 18.3 Å². The highest BCUT2D eigenvalue weighted by Crippen LogP contribution is 2.18. The van der Waals surface area contributed by atoms with Crippen molar-refractivity contribution >= 4 is 12.3 Å². The summed E-state index contributed by atoms with van der Waals surface area (Å²) in [5.74, 6) is 0.399. The molecule has 0 spiro atoms. The quantitative estimate of drug-likeness (QED) is 0.481. The van der Waals surface area contributed by atoms with Gasteiger partial charge >= 0.3 is 0 Å². The van der Waals surface area contributed by atoms with Gasteiger partial charge in [-0.25, -0.2) is 4.98 Å². The topological polar surface area (TPSA) is 126 Å². The van der Waals surface area contributed by atoms with E-state index in [4.69, 9.17) is 4.42 Å². The number of benzene rings is 1. The third kappa shape index (κ3) is 4.76. The smallest absolute Gasteiger partial charge is 0.240 e. The SMILES string of the molecule is O=CNCC(=O)NC(Cc1cnc[nH]1)c1nnc(Cc2ccccc2)o1. The van der Waals surface area contributed by atoms with Crippen LogP contribution in [0.4, 0.5) is 0 Å². The molecule has 0 radical (unpaired) electrons. The number of carbonyl (C=O) groups is 2. The predicted molar refractivity (Wildman–Crippen MR) is 90.8 cm³/mol. The average Bonchev–Trinajstić information content (AvgIpc) is 3.32. The van der Waals surface area contributed by atoms with Crippen molar-refractivity contribution in [3.63, 3.8) is 0 Å². The Bertz CT molecular complexity index is 831. The molecule has 1 unspecified atom stereocenters. The van der Waals surface area contributed by atoms with Gasteiger partial charge in [-0.1, -0.05) is 30.3 Å². The molecule has 0 fully saturated rings. The van der Waals surface area contributed by atoms with Crippen LogP contribution in [0.5, 0.6) is 0 Å². The molecule has 2 heterocycles. The normalized spacial score (nSPS) is 11.7. The van der Waals surface area contributed by atoms with Crippen LogP contribution in [-0.2, 0) is 22.4 Å². The lowest BCUT2D eigenvalue weighted by atomic mass is 10.1. The minimum absolute atomic E-state index is 0.131. The second-order valence-electron chi connectivity index (χ2n) is 5.60. The standard InChI is InChI=1S/C17H18N6O3/c24-11-19-9-15(25)21-14(7-13-8-18-10-20-13)17-23-22-16(26-17)6-12-4-2-1-3-5-12/h1-5,8,10-11,14H,6-7,9H2,(H,18,20)(H,19,24)(H,21,25). The zero-order valence-corrected chi connectivity index (χ0v) is 13.9. The molecule has 0 bridgehead atoms. The molecule has 0 saturated carbocycles. The molecule has 2 aromatic heterocycles. The lowest BCUT2D eigenvalue weighted by molar-refractivity contribution is -0.122. The van der Waals surface area contributed by atoms with Gasteiger partial charge in [-0.15, -0.1) is 10.2 Å². The van der Waals surface area contributed by atoms with Gasteiger partial charge in [0.05, 0.1) is 19.3 Å². The van der Waals surface area contributed by atoms with E-state index in [1.807, 2.05) is 30.3 Å². The molecule has 2 amide bonds. The van der Waals surface area contributed by atoms with E-state index >= 15 is 0 Å². The molecule has 3 aromatic rings. The number of aromatic nitrogens is 4. The molecule has 1 aromatic carbocycles. The first-order valence-electron chi connectivity index (χ1n) is 8.04. The maximum Gasteiger partial charge on any atom is 0.240 e. The minimum Gasteiger partial charge on any atom is -0.423 e. The summed E-state index contributed by atoms with van der Waals surface area (Å²) in [4.78, 5) is 29.3. The Balaban J connectivity index is 1.73. The fraction of sp³-hybridized carbons (Fsp3) is 0.235. The Morgan fingerprint density at radius 1 is 1.27 bits per heavy atom. The second-order valence-corrected chi connectivity index (χ2v) is 5.60. The number of nitrogens with one attached hydrogen (secondary N) is 3. The van der Waals surface area contributed by atoms with Gasteiger partial charge in [-0.2, -0.15) is 0 Å². The molecule has 9 heteroatoms. The number of hydrogen-bond acceptors (Lipinski definition) is 6. The molecule has 26 heavy (non-hydrogen) atoms. The van der Waals surface area contributed by atoms with Gasteiger partial charge in [0.25, 0.3) is 0 Å². The second kappa shape index (κ2) is 8.56. The highest BCUT2D eigenvalue weighted by atomic mass is 16.4. The van der Waals surface area contributed by atoms with E-state index < -0.39 is 6.04 Å². The van der Waals surface area contributed by atoms with Crippen molar-refractivity contribution in [3.05, 3.63) is 65.9 Å². The maximum absolute atomic E-state index is 12.0. The summed E-state index contributed by atoms with van der Waals surface area (Å²) in [6, 6.07) is 9.22. The van der Waals surface area contributed by atoms with Crippen LogP contribution in [0, 0.1) is 0 Å². The van der Waals surface area contributed by atoms with E-state index in [1.165, 1.54) is 0 Å². The van der Waals surface area contributed by atoms with E-state index in [-0.39, 0.29) is 12.5 Å². The van der Waals surface area contributed by atoms with Gasteiger partial charge < -0.3 is 20.0 Å². The number of hydrogen-bond donors (Lipinski definition) is 3. The highest BCUT2D eigenvalue weighted by molar-refractivity contribution is 5.80. The Morgan fingerprint density at radius 3 is 2.85 bits per heavy atom. The molecule has 3 N–H and O–H groups in total. The van der Waals surface area contributed by atoms with Crippen LogP contribution in [-0.4, -0.2) is 39.0 Å². The summed E-state index contributed by atoms with van der Waals surface area (Å²) < 4.78 is 5.74. The lowest BCUT2D eigenvalue weighted by Crippen LogP contribution is -2.37. The third-order valence-electron chi connectivity index (χ3n) is 3.64. The minimum atomic E-state index is -0.534. The monoisotopic (exact) mass is 354 g/mol. The van der Waals surface area contributed by atoms with Crippen molar-refractivity contribution in [2.75, 3.05) is 6.54 Å². The highest BCUT2D eigenvalue weighted by Gasteiger charge is 2.22.